The molecule has 1 aliphatic rings. The van der Waals surface area contributed by atoms with Crippen LogP contribution in [0.1, 0.15) is 35.3 Å². The van der Waals surface area contributed by atoms with Crippen molar-refractivity contribution in [3.63, 3.8) is 0 Å². The van der Waals surface area contributed by atoms with Gasteiger partial charge in [0.15, 0.2) is 0 Å². The van der Waals surface area contributed by atoms with Crippen molar-refractivity contribution in [3.05, 3.63) is 130 Å². The van der Waals surface area contributed by atoms with Crippen molar-refractivity contribution in [1.29, 1.82) is 5.26 Å². The fourth-order valence-electron chi connectivity index (χ4n) is 6.25. The van der Waals surface area contributed by atoms with Gasteiger partial charge in [-0.15, -0.1) is 0 Å². The molecule has 0 unspecified atom stereocenters. The van der Waals surface area contributed by atoms with Gasteiger partial charge in [0.1, 0.15) is 0 Å². The molecule has 0 aliphatic carbocycles. The Morgan fingerprint density at radius 1 is 0.810 bits per heavy atom. The Kier molecular flexibility index (Phi) is 7.10. The number of hydrogen-bond donors (Lipinski definition) is 0. The van der Waals surface area contributed by atoms with E-state index in [-0.39, 0.29) is 23.6 Å². The highest BCUT2D eigenvalue weighted by Gasteiger charge is 2.33. The molecule has 1 aliphatic heterocycles. The van der Waals surface area contributed by atoms with Gasteiger partial charge in [-0.2, -0.15) is 5.26 Å². The minimum Gasteiger partial charge on any atom is -0.367 e. The summed E-state index contributed by atoms with van der Waals surface area (Å²) in [6, 6.07) is 33.1. The molecule has 1 fully saturated rings. The van der Waals surface area contributed by atoms with Gasteiger partial charge >= 0.3 is 0 Å². The van der Waals surface area contributed by atoms with E-state index in [1.807, 2.05) is 90.8 Å². The van der Waals surface area contributed by atoms with Crippen molar-refractivity contribution < 1.29 is 4.79 Å². The number of rotatable bonds is 4. The van der Waals surface area contributed by atoms with E-state index in [1.54, 1.807) is 16.7 Å². The maximum atomic E-state index is 13.7. The molecule has 0 saturated carbocycles. The van der Waals surface area contributed by atoms with Crippen molar-refractivity contribution in [1.82, 2.24) is 9.47 Å². The fraction of sp³-hybridized carbons (Fsp3) is 0.194. The van der Waals surface area contributed by atoms with Gasteiger partial charge in [0.2, 0.25) is 0 Å². The number of carbonyl (C=O) groups is 1. The molecule has 2 atom stereocenters. The molecule has 0 bridgehead atoms. The summed E-state index contributed by atoms with van der Waals surface area (Å²) in [5, 5.41) is 10.7. The van der Waals surface area contributed by atoms with E-state index in [0.717, 1.165) is 46.5 Å². The van der Waals surface area contributed by atoms with E-state index in [2.05, 4.69) is 36.9 Å². The van der Waals surface area contributed by atoms with Crippen LogP contribution in [0.3, 0.4) is 0 Å². The minimum absolute atomic E-state index is 0.0530. The summed E-state index contributed by atoms with van der Waals surface area (Å²) in [4.78, 5) is 31.2. The molecule has 6 nitrogen and oxygen atoms in total. The summed E-state index contributed by atoms with van der Waals surface area (Å²) in [7, 11) is 0. The van der Waals surface area contributed by atoms with Crippen LogP contribution in [-0.4, -0.2) is 40.5 Å². The monoisotopic (exact) mass is 552 g/mol. The third kappa shape index (κ3) is 4.84. The number of amides is 1. The lowest BCUT2D eigenvalue weighted by atomic mass is 9.96. The van der Waals surface area contributed by atoms with E-state index < -0.39 is 0 Å². The lowest BCUT2D eigenvalue weighted by Crippen LogP contribution is -2.58. The van der Waals surface area contributed by atoms with Crippen molar-refractivity contribution in [3.8, 4) is 22.9 Å². The Bertz CT molecular complexity index is 1860. The van der Waals surface area contributed by atoms with Crippen LogP contribution in [0.25, 0.3) is 27.6 Å². The van der Waals surface area contributed by atoms with Gasteiger partial charge in [0, 0.05) is 53.7 Å². The van der Waals surface area contributed by atoms with Crippen LogP contribution in [0.15, 0.2) is 108 Å². The van der Waals surface area contributed by atoms with Gasteiger partial charge in [-0.05, 0) is 97.4 Å². The molecule has 1 saturated heterocycles. The number of nitriles is 1. The molecule has 2 heterocycles. The number of piperazine rings is 1. The van der Waals surface area contributed by atoms with Crippen molar-refractivity contribution >= 4 is 22.4 Å². The van der Waals surface area contributed by atoms with Crippen LogP contribution >= 0.6 is 0 Å². The Labute approximate surface area is 245 Å². The summed E-state index contributed by atoms with van der Waals surface area (Å²) in [5.41, 5.74) is 6.06. The topological polar surface area (TPSA) is 69.3 Å². The molecule has 1 amide bonds. The average molecular weight is 553 g/mol. The molecular weight excluding hydrogens is 520 g/mol. The van der Waals surface area contributed by atoms with Gasteiger partial charge in [-0.3, -0.25) is 14.2 Å². The summed E-state index contributed by atoms with van der Waals surface area (Å²) in [6.45, 7) is 7.69. The van der Waals surface area contributed by atoms with Crippen molar-refractivity contribution in [2.75, 3.05) is 18.0 Å². The lowest BCUT2D eigenvalue weighted by Gasteiger charge is -2.45. The zero-order chi connectivity index (χ0) is 29.4. The number of anilines is 1. The van der Waals surface area contributed by atoms with Crippen LogP contribution in [0.4, 0.5) is 5.69 Å². The molecule has 0 spiro atoms. The normalized spacial score (nSPS) is 16.8. The van der Waals surface area contributed by atoms with Crippen LogP contribution in [-0.2, 0) is 0 Å². The van der Waals surface area contributed by atoms with Gasteiger partial charge in [-0.25, -0.2) is 0 Å². The van der Waals surface area contributed by atoms with Crippen molar-refractivity contribution in [2.45, 2.75) is 32.9 Å². The number of aryl methyl sites for hydroxylation is 1. The summed E-state index contributed by atoms with van der Waals surface area (Å²) >= 11 is 0. The Morgan fingerprint density at radius 3 is 2.10 bits per heavy atom. The second-order valence-corrected chi connectivity index (χ2v) is 11.1. The molecule has 4 aromatic carbocycles. The van der Waals surface area contributed by atoms with E-state index in [4.69, 9.17) is 5.26 Å². The molecule has 42 heavy (non-hydrogen) atoms. The molecule has 5 aromatic rings. The Morgan fingerprint density at radius 2 is 1.45 bits per heavy atom. The highest BCUT2D eigenvalue weighted by Crippen LogP contribution is 2.31. The highest BCUT2D eigenvalue weighted by molar-refractivity contribution is 5.98. The van der Waals surface area contributed by atoms with Crippen LogP contribution < -0.4 is 10.5 Å². The van der Waals surface area contributed by atoms with Crippen LogP contribution in [0.5, 0.6) is 0 Å². The largest absolute Gasteiger partial charge is 0.367 e. The number of aromatic nitrogens is 1. The van der Waals surface area contributed by atoms with Gasteiger partial charge in [-0.1, -0.05) is 42.5 Å². The quantitative estimate of drug-likeness (QED) is 0.253. The van der Waals surface area contributed by atoms with Gasteiger partial charge in [0.05, 0.1) is 11.6 Å². The lowest BCUT2D eigenvalue weighted by molar-refractivity contribution is 0.0574. The van der Waals surface area contributed by atoms with Crippen molar-refractivity contribution in [2.24, 2.45) is 0 Å². The summed E-state index contributed by atoms with van der Waals surface area (Å²) in [5.74, 6) is 0.0685. The maximum Gasteiger partial charge on any atom is 0.262 e. The second-order valence-electron chi connectivity index (χ2n) is 11.1. The number of nitrogens with zero attached hydrogens (tertiary/aromatic N) is 4. The third-order valence-corrected chi connectivity index (χ3v) is 8.22. The maximum absolute atomic E-state index is 13.7. The first kappa shape index (κ1) is 27.0. The molecular formula is C36H32N4O2. The first-order valence-electron chi connectivity index (χ1n) is 14.2. The van der Waals surface area contributed by atoms with Gasteiger partial charge in [0.25, 0.3) is 11.5 Å². The van der Waals surface area contributed by atoms with E-state index in [0.29, 0.717) is 16.5 Å². The second kappa shape index (κ2) is 11.0. The number of pyridine rings is 1. The number of hydrogen-bond acceptors (Lipinski definition) is 4. The molecule has 1 aromatic heterocycles. The Balaban J connectivity index is 1.27. The average Bonchev–Trinajstić information content (AvgIpc) is 3.02. The zero-order valence-electron chi connectivity index (χ0n) is 24.0. The molecule has 0 radical (unpaired) electrons. The molecule has 0 N–H and O–H groups in total. The van der Waals surface area contributed by atoms with E-state index in [1.165, 1.54) is 0 Å². The first-order valence-corrected chi connectivity index (χ1v) is 14.2. The summed E-state index contributed by atoms with van der Waals surface area (Å²) in [6.07, 6.45) is 1.91. The van der Waals surface area contributed by atoms with E-state index >= 15 is 0 Å². The molecule has 6 rings (SSSR count). The standard InChI is InChI=1S/C36H32N4O2/c1-24-21-39(36(42)33-11-7-10-32(34(24)33)28-14-12-27(20-37)13-15-28)31-18-16-30(17-19-31)38-22-25(2)40(26(3)23-38)35(41)29-8-5-4-6-9-29/h4-19,21,25-26H,22-23H2,1-3H3/t25-,26-/m1/s1. The van der Waals surface area contributed by atoms with Crippen LogP contribution in [0.2, 0.25) is 0 Å². The van der Waals surface area contributed by atoms with Gasteiger partial charge < -0.3 is 9.80 Å². The SMILES string of the molecule is Cc1cn(-c2ccc(N3C[C@@H](C)N(C(=O)c4ccccc4)[C@H](C)C3)cc2)c(=O)c2cccc(-c3ccc(C#N)cc3)c12. The molecule has 208 valence electrons. The first-order chi connectivity index (χ1) is 20.4. The number of benzene rings is 4. The Hall–Kier alpha value is -5.15. The van der Waals surface area contributed by atoms with Crippen LogP contribution in [0, 0.1) is 18.3 Å². The smallest absolute Gasteiger partial charge is 0.262 e. The summed E-state index contributed by atoms with van der Waals surface area (Å²) < 4.78 is 1.71. The zero-order valence-corrected chi connectivity index (χ0v) is 24.0. The fourth-order valence-corrected chi connectivity index (χ4v) is 6.25. The third-order valence-electron chi connectivity index (χ3n) is 8.22. The number of fused-ring (bicyclic) bond motifs is 1. The predicted octanol–water partition coefficient (Wildman–Crippen LogP) is 6.58. The predicted molar refractivity (Wildman–Crippen MR) is 168 cm³/mol. The molecule has 6 heteroatoms. The number of carbonyl (C=O) groups excluding carboxylic acids is 1. The minimum atomic E-state index is -0.0749. The highest BCUT2D eigenvalue weighted by atomic mass is 16.2. The van der Waals surface area contributed by atoms with E-state index in [9.17, 15) is 9.59 Å².